The molecule has 1 aromatic heterocycles. The summed E-state index contributed by atoms with van der Waals surface area (Å²) in [4.78, 5) is 16.6. The Labute approximate surface area is 145 Å². The standard InChI is InChI=1S/C15H15BrIN3O/c16-12-5-4-10(17)8-11(12)15(21)19-13-2-1-3-14(13)20-7-6-18-9-20/h4-9,13-14H,1-3H2,(H,19,21). The van der Waals surface area contributed by atoms with Gasteiger partial charge in [0.1, 0.15) is 0 Å². The van der Waals surface area contributed by atoms with Gasteiger partial charge >= 0.3 is 0 Å². The molecule has 1 fully saturated rings. The van der Waals surface area contributed by atoms with Gasteiger partial charge in [0.25, 0.3) is 5.91 Å². The van der Waals surface area contributed by atoms with Crippen molar-refractivity contribution in [3.63, 3.8) is 0 Å². The lowest BCUT2D eigenvalue weighted by atomic mass is 10.1. The van der Waals surface area contributed by atoms with Crippen LogP contribution >= 0.6 is 38.5 Å². The quantitative estimate of drug-likeness (QED) is 0.710. The normalized spacial score (nSPS) is 21.4. The van der Waals surface area contributed by atoms with E-state index in [0.717, 1.165) is 27.3 Å². The summed E-state index contributed by atoms with van der Waals surface area (Å²) in [7, 11) is 0. The maximum Gasteiger partial charge on any atom is 0.252 e. The van der Waals surface area contributed by atoms with Gasteiger partial charge in [-0.3, -0.25) is 4.79 Å². The molecule has 1 heterocycles. The first-order chi connectivity index (χ1) is 10.1. The molecule has 3 rings (SSSR count). The highest BCUT2D eigenvalue weighted by Gasteiger charge is 2.30. The molecule has 2 unspecified atom stereocenters. The summed E-state index contributed by atoms with van der Waals surface area (Å²) < 4.78 is 3.98. The van der Waals surface area contributed by atoms with Crippen LogP contribution in [0, 0.1) is 3.57 Å². The number of imidazole rings is 1. The first-order valence-corrected chi connectivity index (χ1v) is 8.75. The largest absolute Gasteiger partial charge is 0.347 e. The number of nitrogens with zero attached hydrogens (tertiary/aromatic N) is 2. The number of carbonyl (C=O) groups excluding carboxylic acids is 1. The summed E-state index contributed by atoms with van der Waals surface area (Å²) in [6.07, 6.45) is 8.80. The molecule has 1 saturated carbocycles. The van der Waals surface area contributed by atoms with E-state index >= 15 is 0 Å². The minimum atomic E-state index is -0.0163. The van der Waals surface area contributed by atoms with Crippen LogP contribution in [-0.4, -0.2) is 21.5 Å². The lowest BCUT2D eigenvalue weighted by Crippen LogP contribution is -2.38. The number of halogens is 2. The maximum absolute atomic E-state index is 12.5. The molecule has 1 aliphatic rings. The van der Waals surface area contributed by atoms with Crippen molar-refractivity contribution in [2.45, 2.75) is 31.3 Å². The van der Waals surface area contributed by atoms with E-state index in [1.54, 1.807) is 6.20 Å². The fraction of sp³-hybridized carbons (Fsp3) is 0.333. The molecular formula is C15H15BrIN3O. The fourth-order valence-electron chi connectivity index (χ4n) is 2.85. The van der Waals surface area contributed by atoms with Crippen LogP contribution in [0.25, 0.3) is 0 Å². The maximum atomic E-state index is 12.5. The first kappa shape index (κ1) is 15.0. The van der Waals surface area contributed by atoms with Crippen LogP contribution in [0.2, 0.25) is 0 Å². The molecule has 0 radical (unpaired) electrons. The predicted molar refractivity (Wildman–Crippen MR) is 93.2 cm³/mol. The Balaban J connectivity index is 1.76. The van der Waals surface area contributed by atoms with Gasteiger partial charge in [-0.25, -0.2) is 4.98 Å². The lowest BCUT2D eigenvalue weighted by molar-refractivity contribution is 0.0928. The fourth-order valence-corrected chi connectivity index (χ4v) is 3.77. The van der Waals surface area contributed by atoms with Crippen molar-refractivity contribution in [3.8, 4) is 0 Å². The van der Waals surface area contributed by atoms with E-state index in [1.807, 2.05) is 30.7 Å². The van der Waals surface area contributed by atoms with Crippen LogP contribution in [0.4, 0.5) is 0 Å². The molecule has 2 aromatic rings. The number of nitrogens with one attached hydrogen (secondary N) is 1. The van der Waals surface area contributed by atoms with Gasteiger partial charge in [-0.15, -0.1) is 0 Å². The third-order valence-electron chi connectivity index (χ3n) is 3.88. The van der Waals surface area contributed by atoms with Crippen LogP contribution in [0.1, 0.15) is 35.7 Å². The summed E-state index contributed by atoms with van der Waals surface area (Å²) in [6, 6.07) is 6.26. The van der Waals surface area contributed by atoms with E-state index in [9.17, 15) is 4.79 Å². The summed E-state index contributed by atoms with van der Waals surface area (Å²) >= 11 is 5.67. The van der Waals surface area contributed by atoms with Crippen molar-refractivity contribution in [1.29, 1.82) is 0 Å². The number of hydrogen-bond acceptors (Lipinski definition) is 2. The van der Waals surface area contributed by atoms with Crippen molar-refractivity contribution >= 4 is 44.4 Å². The number of amides is 1. The molecular weight excluding hydrogens is 445 g/mol. The zero-order chi connectivity index (χ0) is 14.8. The Morgan fingerprint density at radius 2 is 2.29 bits per heavy atom. The molecule has 1 N–H and O–H groups in total. The highest BCUT2D eigenvalue weighted by molar-refractivity contribution is 14.1. The predicted octanol–water partition coefficient (Wildman–Crippen LogP) is 3.77. The monoisotopic (exact) mass is 459 g/mol. The summed E-state index contributed by atoms with van der Waals surface area (Å²) in [5.41, 5.74) is 0.693. The minimum absolute atomic E-state index is 0.0163. The smallest absolute Gasteiger partial charge is 0.252 e. The van der Waals surface area contributed by atoms with Gasteiger partial charge in [0, 0.05) is 26.5 Å². The second-order valence-electron chi connectivity index (χ2n) is 5.21. The van der Waals surface area contributed by atoms with Crippen LogP contribution in [-0.2, 0) is 0 Å². The molecule has 0 spiro atoms. The highest BCUT2D eigenvalue weighted by Crippen LogP contribution is 2.30. The van der Waals surface area contributed by atoms with Gasteiger partial charge < -0.3 is 9.88 Å². The molecule has 21 heavy (non-hydrogen) atoms. The number of benzene rings is 1. The number of carbonyl (C=O) groups is 1. The van der Waals surface area contributed by atoms with Crippen molar-refractivity contribution in [3.05, 3.63) is 50.5 Å². The van der Waals surface area contributed by atoms with Crippen LogP contribution < -0.4 is 5.32 Å². The van der Waals surface area contributed by atoms with E-state index < -0.39 is 0 Å². The molecule has 110 valence electrons. The van der Waals surface area contributed by atoms with Crippen molar-refractivity contribution in [2.75, 3.05) is 0 Å². The molecule has 1 aliphatic carbocycles. The molecule has 0 aliphatic heterocycles. The third kappa shape index (κ3) is 3.31. The Morgan fingerprint density at radius 3 is 3.05 bits per heavy atom. The number of aromatic nitrogens is 2. The summed E-state index contributed by atoms with van der Waals surface area (Å²) in [5, 5.41) is 3.18. The molecule has 0 saturated heterocycles. The Kier molecular flexibility index (Phi) is 4.63. The van der Waals surface area contributed by atoms with Crippen LogP contribution in [0.15, 0.2) is 41.4 Å². The van der Waals surface area contributed by atoms with Gasteiger partial charge in [-0.2, -0.15) is 0 Å². The van der Waals surface area contributed by atoms with Gasteiger partial charge in [0.05, 0.1) is 17.9 Å². The lowest BCUT2D eigenvalue weighted by Gasteiger charge is -2.22. The average Bonchev–Trinajstić information content (AvgIpc) is 3.11. The van der Waals surface area contributed by atoms with E-state index in [-0.39, 0.29) is 11.9 Å². The van der Waals surface area contributed by atoms with Crippen molar-refractivity contribution < 1.29 is 4.79 Å². The highest BCUT2D eigenvalue weighted by atomic mass is 127. The third-order valence-corrected chi connectivity index (χ3v) is 5.24. The van der Waals surface area contributed by atoms with Gasteiger partial charge in [0.15, 0.2) is 0 Å². The number of rotatable bonds is 3. The molecule has 1 aromatic carbocycles. The molecule has 1 amide bonds. The van der Waals surface area contributed by atoms with Gasteiger partial charge in [-0.1, -0.05) is 0 Å². The SMILES string of the molecule is O=C(NC1CCCC1n1ccnc1)c1cc(I)ccc1Br. The first-order valence-electron chi connectivity index (χ1n) is 6.88. The Bertz CT molecular complexity index is 644. The van der Waals surface area contributed by atoms with Crippen LogP contribution in [0.5, 0.6) is 0 Å². The molecule has 4 nitrogen and oxygen atoms in total. The number of hydrogen-bond donors (Lipinski definition) is 1. The Morgan fingerprint density at radius 1 is 1.43 bits per heavy atom. The topological polar surface area (TPSA) is 46.9 Å². The summed E-state index contributed by atoms with van der Waals surface area (Å²) in [5.74, 6) is -0.0163. The average molecular weight is 460 g/mol. The van der Waals surface area contributed by atoms with E-state index in [2.05, 4.69) is 53.4 Å². The van der Waals surface area contributed by atoms with E-state index in [1.165, 1.54) is 0 Å². The second-order valence-corrected chi connectivity index (χ2v) is 7.31. The molecule has 6 heteroatoms. The molecule has 0 bridgehead atoms. The minimum Gasteiger partial charge on any atom is -0.347 e. The second kappa shape index (κ2) is 6.48. The van der Waals surface area contributed by atoms with E-state index in [4.69, 9.17) is 0 Å². The van der Waals surface area contributed by atoms with Crippen molar-refractivity contribution in [2.24, 2.45) is 0 Å². The molecule has 2 atom stereocenters. The van der Waals surface area contributed by atoms with Gasteiger partial charge in [-0.05, 0) is 76.0 Å². The Hall–Kier alpha value is -0.890. The zero-order valence-corrected chi connectivity index (χ0v) is 15.0. The summed E-state index contributed by atoms with van der Waals surface area (Å²) in [6.45, 7) is 0. The van der Waals surface area contributed by atoms with Crippen molar-refractivity contribution in [1.82, 2.24) is 14.9 Å². The van der Waals surface area contributed by atoms with E-state index in [0.29, 0.717) is 11.6 Å². The van der Waals surface area contributed by atoms with Crippen LogP contribution in [0.3, 0.4) is 0 Å². The zero-order valence-electron chi connectivity index (χ0n) is 11.3. The van der Waals surface area contributed by atoms with Gasteiger partial charge in [0.2, 0.25) is 0 Å².